The van der Waals surface area contributed by atoms with Gasteiger partial charge in [0.2, 0.25) is 0 Å². The number of aryl methyl sites for hydroxylation is 1. The van der Waals surface area contributed by atoms with Crippen LogP contribution in [0, 0.1) is 12.8 Å². The fourth-order valence-electron chi connectivity index (χ4n) is 4.42. The molecule has 2 N–H and O–H groups in total. The van der Waals surface area contributed by atoms with Crippen LogP contribution in [0.2, 0.25) is 0 Å². The van der Waals surface area contributed by atoms with Crippen molar-refractivity contribution in [3.63, 3.8) is 0 Å². The largest absolute Gasteiger partial charge is 0.454 e. The number of hydrogen-bond acceptors (Lipinski definition) is 5. The molecule has 1 aromatic rings. The second-order valence-electron chi connectivity index (χ2n) is 8.54. The molecule has 1 saturated heterocycles. The Labute approximate surface area is 182 Å². The van der Waals surface area contributed by atoms with E-state index < -0.39 is 36.6 Å². The van der Waals surface area contributed by atoms with Crippen molar-refractivity contribution in [2.24, 2.45) is 5.92 Å². The summed E-state index contributed by atoms with van der Waals surface area (Å²) in [6.45, 7) is 4.93. The molecule has 3 atom stereocenters. The summed E-state index contributed by atoms with van der Waals surface area (Å²) in [6.07, 6.45) is 3.98. The van der Waals surface area contributed by atoms with Gasteiger partial charge in [0.1, 0.15) is 12.1 Å². The van der Waals surface area contributed by atoms with Gasteiger partial charge in [-0.2, -0.15) is 0 Å². The molecule has 8 nitrogen and oxygen atoms in total. The number of ether oxygens (including phenoxy) is 1. The van der Waals surface area contributed by atoms with E-state index in [1.165, 1.54) is 0 Å². The number of nitrogens with zero attached hydrogens (tertiary/aromatic N) is 1. The lowest BCUT2D eigenvalue weighted by Crippen LogP contribution is -2.54. The van der Waals surface area contributed by atoms with Crippen molar-refractivity contribution in [3.05, 3.63) is 35.4 Å². The van der Waals surface area contributed by atoms with E-state index >= 15 is 0 Å². The zero-order chi connectivity index (χ0) is 22.6. The third kappa shape index (κ3) is 4.89. The highest BCUT2D eigenvalue weighted by Crippen LogP contribution is 2.38. The molecule has 2 fully saturated rings. The number of nitrogens with one attached hydrogen (secondary N) is 2. The summed E-state index contributed by atoms with van der Waals surface area (Å²) >= 11 is 0. The SMILES string of the molecule is CC[C@@H](NC(=O)COC(=O)CN1C(=O)N[C@@]2(CCCC[C@@H]2C)C1=O)c1ccc(C)cc1. The van der Waals surface area contributed by atoms with Crippen LogP contribution in [-0.4, -0.2) is 47.4 Å². The van der Waals surface area contributed by atoms with Gasteiger partial charge in [-0.15, -0.1) is 0 Å². The summed E-state index contributed by atoms with van der Waals surface area (Å²) in [5.41, 5.74) is 1.18. The highest BCUT2D eigenvalue weighted by molar-refractivity contribution is 6.09. The van der Waals surface area contributed by atoms with Crippen LogP contribution in [0.5, 0.6) is 0 Å². The smallest absolute Gasteiger partial charge is 0.326 e. The molecule has 1 spiro atoms. The Bertz CT molecular complexity index is 853. The van der Waals surface area contributed by atoms with E-state index in [0.717, 1.165) is 35.3 Å². The third-order valence-electron chi connectivity index (χ3n) is 6.38. The second-order valence-corrected chi connectivity index (χ2v) is 8.54. The number of rotatable bonds is 7. The molecule has 1 aliphatic heterocycles. The molecule has 0 unspecified atom stereocenters. The molecule has 2 aliphatic rings. The van der Waals surface area contributed by atoms with Gasteiger partial charge in [-0.05, 0) is 37.7 Å². The Morgan fingerprint density at radius 2 is 1.97 bits per heavy atom. The van der Waals surface area contributed by atoms with E-state index in [1.54, 1.807) is 0 Å². The van der Waals surface area contributed by atoms with Gasteiger partial charge in [0, 0.05) is 0 Å². The first-order valence-corrected chi connectivity index (χ1v) is 10.9. The van der Waals surface area contributed by atoms with Gasteiger partial charge in [-0.3, -0.25) is 19.3 Å². The fourth-order valence-corrected chi connectivity index (χ4v) is 4.42. The highest BCUT2D eigenvalue weighted by Gasteiger charge is 2.55. The fraction of sp³-hybridized carbons (Fsp3) is 0.565. The monoisotopic (exact) mass is 429 g/mol. The van der Waals surface area contributed by atoms with E-state index in [4.69, 9.17) is 4.74 Å². The number of amides is 4. The summed E-state index contributed by atoms with van der Waals surface area (Å²) < 4.78 is 5.04. The van der Waals surface area contributed by atoms with Crippen molar-refractivity contribution in [2.45, 2.75) is 64.5 Å². The molecular weight excluding hydrogens is 398 g/mol. The van der Waals surface area contributed by atoms with Gasteiger partial charge < -0.3 is 15.4 Å². The molecule has 31 heavy (non-hydrogen) atoms. The van der Waals surface area contributed by atoms with Gasteiger partial charge in [0.05, 0.1) is 6.04 Å². The first kappa shape index (κ1) is 22.8. The van der Waals surface area contributed by atoms with Crippen molar-refractivity contribution in [2.75, 3.05) is 13.2 Å². The van der Waals surface area contributed by atoms with Crippen molar-refractivity contribution in [1.82, 2.24) is 15.5 Å². The Morgan fingerprint density at radius 1 is 1.26 bits per heavy atom. The Hall–Kier alpha value is -2.90. The quantitative estimate of drug-likeness (QED) is 0.512. The van der Waals surface area contributed by atoms with Crippen LogP contribution in [0.3, 0.4) is 0 Å². The van der Waals surface area contributed by atoms with Gasteiger partial charge in [-0.1, -0.05) is 56.5 Å². The summed E-state index contributed by atoms with van der Waals surface area (Å²) in [4.78, 5) is 50.6. The number of carbonyl (C=O) groups is 4. The van der Waals surface area contributed by atoms with Crippen LogP contribution in [0.15, 0.2) is 24.3 Å². The zero-order valence-electron chi connectivity index (χ0n) is 18.4. The van der Waals surface area contributed by atoms with Gasteiger partial charge in [0.25, 0.3) is 11.8 Å². The maximum atomic E-state index is 12.9. The van der Waals surface area contributed by atoms with Gasteiger partial charge in [-0.25, -0.2) is 4.79 Å². The lowest BCUT2D eigenvalue weighted by atomic mass is 9.73. The molecule has 168 valence electrons. The standard InChI is InChI=1S/C23H31N3O5/c1-4-18(17-10-8-15(2)9-11-17)24-19(27)14-31-20(28)13-26-21(29)23(25-22(26)30)12-6-5-7-16(23)3/h8-11,16,18H,4-7,12-14H2,1-3H3,(H,24,27)(H,25,30)/t16-,18+,23+/m0/s1. The number of imide groups is 1. The van der Waals surface area contributed by atoms with Crippen molar-refractivity contribution >= 4 is 23.8 Å². The molecule has 1 heterocycles. The Kier molecular flexibility index (Phi) is 6.97. The molecule has 0 aromatic heterocycles. The molecular formula is C23H31N3O5. The molecule has 1 saturated carbocycles. The summed E-state index contributed by atoms with van der Waals surface area (Å²) in [7, 11) is 0. The molecule has 4 amide bonds. The number of hydrogen-bond donors (Lipinski definition) is 2. The predicted octanol–water partition coefficient (Wildman–Crippen LogP) is 2.61. The van der Waals surface area contributed by atoms with Crippen molar-refractivity contribution in [1.29, 1.82) is 0 Å². The summed E-state index contributed by atoms with van der Waals surface area (Å²) in [5.74, 6) is -1.59. The number of esters is 1. The maximum Gasteiger partial charge on any atom is 0.326 e. The molecule has 8 heteroatoms. The van der Waals surface area contributed by atoms with E-state index in [2.05, 4.69) is 10.6 Å². The van der Waals surface area contributed by atoms with Crippen LogP contribution in [0.1, 0.15) is 63.1 Å². The highest BCUT2D eigenvalue weighted by atomic mass is 16.5. The minimum atomic E-state index is -0.921. The minimum Gasteiger partial charge on any atom is -0.454 e. The van der Waals surface area contributed by atoms with E-state index in [1.807, 2.05) is 45.0 Å². The molecule has 1 aromatic carbocycles. The minimum absolute atomic E-state index is 0.0113. The summed E-state index contributed by atoms with van der Waals surface area (Å²) in [5, 5.41) is 5.64. The average Bonchev–Trinajstić information content (AvgIpc) is 2.98. The van der Waals surface area contributed by atoms with Crippen LogP contribution in [0.4, 0.5) is 4.79 Å². The Balaban J connectivity index is 1.51. The molecule has 3 rings (SSSR count). The normalized spacial score (nSPS) is 24.1. The van der Waals surface area contributed by atoms with Crippen LogP contribution in [-0.2, 0) is 19.1 Å². The van der Waals surface area contributed by atoms with Crippen molar-refractivity contribution < 1.29 is 23.9 Å². The van der Waals surface area contributed by atoms with Crippen LogP contribution >= 0.6 is 0 Å². The number of carbonyl (C=O) groups excluding carboxylic acids is 4. The van der Waals surface area contributed by atoms with E-state index in [-0.39, 0.29) is 17.9 Å². The number of benzene rings is 1. The molecule has 0 radical (unpaired) electrons. The van der Waals surface area contributed by atoms with Crippen LogP contribution in [0.25, 0.3) is 0 Å². The molecule has 0 bridgehead atoms. The van der Waals surface area contributed by atoms with Crippen LogP contribution < -0.4 is 10.6 Å². The second kappa shape index (κ2) is 9.49. The predicted molar refractivity (Wildman–Crippen MR) is 114 cm³/mol. The Morgan fingerprint density at radius 3 is 2.61 bits per heavy atom. The van der Waals surface area contributed by atoms with E-state index in [0.29, 0.717) is 12.8 Å². The lowest BCUT2D eigenvalue weighted by Gasteiger charge is -2.36. The molecule has 1 aliphatic carbocycles. The topological polar surface area (TPSA) is 105 Å². The zero-order valence-corrected chi connectivity index (χ0v) is 18.4. The lowest BCUT2D eigenvalue weighted by molar-refractivity contribution is -0.151. The first-order valence-electron chi connectivity index (χ1n) is 10.9. The van der Waals surface area contributed by atoms with Crippen molar-refractivity contribution in [3.8, 4) is 0 Å². The van der Waals surface area contributed by atoms with Gasteiger partial charge >= 0.3 is 12.0 Å². The average molecular weight is 430 g/mol. The number of urea groups is 1. The summed E-state index contributed by atoms with van der Waals surface area (Å²) in [6, 6.07) is 7.09. The first-order chi connectivity index (χ1) is 14.8. The van der Waals surface area contributed by atoms with Gasteiger partial charge in [0.15, 0.2) is 6.61 Å². The van der Waals surface area contributed by atoms with E-state index in [9.17, 15) is 19.2 Å². The third-order valence-corrected chi connectivity index (χ3v) is 6.38. The maximum absolute atomic E-state index is 12.9.